The largest absolute Gasteiger partial charge is 0.491 e. The van der Waals surface area contributed by atoms with Crippen molar-refractivity contribution in [1.29, 1.82) is 0 Å². The Morgan fingerprint density at radius 3 is 2.02 bits per heavy atom. The fraction of sp³-hybridized carbons (Fsp3) is 0.429. The van der Waals surface area contributed by atoms with Gasteiger partial charge in [-0.15, -0.1) is 0 Å². The molecule has 2 saturated heterocycles. The zero-order chi connectivity index (χ0) is 35.5. The van der Waals surface area contributed by atoms with Crippen molar-refractivity contribution in [2.24, 2.45) is 17.8 Å². The summed E-state index contributed by atoms with van der Waals surface area (Å²) in [6.07, 6.45) is 9.03. The molecule has 6 rings (SSSR count). The zero-order valence-corrected chi connectivity index (χ0v) is 32.5. The molecular weight excluding hydrogens is 655 g/mol. The van der Waals surface area contributed by atoms with Crippen LogP contribution in [0.5, 0.6) is 0 Å². The number of rotatable bonds is 12. The average Bonchev–Trinajstić information content (AvgIpc) is 3.32. The Kier molecular flexibility index (Phi) is 10.8. The van der Waals surface area contributed by atoms with Gasteiger partial charge in [-0.25, -0.2) is 0 Å². The van der Waals surface area contributed by atoms with Gasteiger partial charge in [-0.05, 0) is 72.0 Å². The number of benzene rings is 3. The third-order valence-electron chi connectivity index (χ3n) is 10.3. The first-order chi connectivity index (χ1) is 23.9. The van der Waals surface area contributed by atoms with Gasteiger partial charge in [0.15, 0.2) is 8.32 Å². The van der Waals surface area contributed by atoms with Crippen molar-refractivity contribution >= 4 is 38.8 Å². The highest BCUT2D eigenvalue weighted by atomic mass is 28.4. The van der Waals surface area contributed by atoms with Crippen molar-refractivity contribution in [2.75, 3.05) is 6.61 Å². The van der Waals surface area contributed by atoms with Gasteiger partial charge in [0, 0.05) is 13.0 Å². The summed E-state index contributed by atoms with van der Waals surface area (Å²) in [6, 6.07) is 31.3. The molecule has 0 bridgehead atoms. The van der Waals surface area contributed by atoms with Crippen LogP contribution in [0.1, 0.15) is 52.0 Å². The molecule has 0 unspecified atom stereocenters. The number of hydrogen-bond acceptors (Lipinski definition) is 5. The van der Waals surface area contributed by atoms with Gasteiger partial charge in [-0.1, -0.05) is 118 Å². The lowest BCUT2D eigenvalue weighted by Crippen LogP contribution is -2.66. The summed E-state index contributed by atoms with van der Waals surface area (Å²) in [5.41, 5.74) is 0.956. The number of nitrogens with zero attached hydrogens (tertiary/aromatic N) is 1. The minimum absolute atomic E-state index is 0.0555. The average molecular weight is 708 g/mol. The van der Waals surface area contributed by atoms with E-state index in [0.29, 0.717) is 26.0 Å². The Labute approximate surface area is 300 Å². The Morgan fingerprint density at radius 1 is 0.840 bits per heavy atom. The third kappa shape index (κ3) is 7.54. The number of amides is 2. The normalized spacial score (nSPS) is 24.2. The molecule has 2 amide bonds. The molecule has 1 aliphatic carbocycles. The first kappa shape index (κ1) is 36.2. The van der Waals surface area contributed by atoms with Gasteiger partial charge >= 0.3 is 0 Å². The van der Waals surface area contributed by atoms with Gasteiger partial charge in [0.25, 0.3) is 8.32 Å². The van der Waals surface area contributed by atoms with Gasteiger partial charge in [-0.2, -0.15) is 0 Å². The van der Waals surface area contributed by atoms with E-state index in [1.165, 1.54) is 15.3 Å². The maximum atomic E-state index is 13.9. The summed E-state index contributed by atoms with van der Waals surface area (Å²) >= 11 is 0. The molecule has 0 radical (unpaired) electrons. The lowest BCUT2D eigenvalue weighted by molar-refractivity contribution is -0.141. The molecule has 3 aromatic carbocycles. The van der Waals surface area contributed by atoms with Crippen LogP contribution in [0.25, 0.3) is 0 Å². The van der Waals surface area contributed by atoms with E-state index < -0.39 is 22.6 Å². The highest BCUT2D eigenvalue weighted by Crippen LogP contribution is 2.48. The minimum Gasteiger partial charge on any atom is -0.491 e. The summed E-state index contributed by atoms with van der Waals surface area (Å²) in [7, 11) is -4.55. The standard InChI is InChI=1S/C42H53NO5Si2/c1-42(2,3)50(33-22-14-8-15-23-33,34-24-16-9-17-25-34)46-28-18-10-13-21-32-29-37(48-49(4,5)6)39-36(47-32)27-26-35-38(39)41(45)43(40(35)44)30-31-19-11-7-12-20-31/h7-9,11-17,19-25,27,32,35,37-39H,10,18,26,28-30H2,1-6H3/b21-13+/t32-,35-,37+,38-,39-/m1/s1. The number of likely N-dealkylation sites (tertiary alicyclic amines) is 1. The lowest BCUT2D eigenvalue weighted by atomic mass is 9.71. The molecule has 0 aromatic heterocycles. The Balaban J connectivity index is 1.13. The first-order valence-electron chi connectivity index (χ1n) is 18.2. The monoisotopic (exact) mass is 707 g/mol. The van der Waals surface area contributed by atoms with Gasteiger partial charge < -0.3 is 13.6 Å². The molecule has 3 aliphatic rings. The second-order valence-electron chi connectivity index (χ2n) is 16.0. The van der Waals surface area contributed by atoms with Gasteiger partial charge in [-0.3, -0.25) is 14.5 Å². The lowest BCUT2D eigenvalue weighted by Gasteiger charge is -2.44. The molecule has 2 fully saturated rings. The molecule has 50 heavy (non-hydrogen) atoms. The Hall–Kier alpha value is -3.57. The summed E-state index contributed by atoms with van der Waals surface area (Å²) < 4.78 is 20.5. The molecular formula is C42H53NO5Si2. The molecule has 2 heterocycles. The smallest absolute Gasteiger partial charge is 0.261 e. The summed E-state index contributed by atoms with van der Waals surface area (Å²) in [5.74, 6) is -0.416. The van der Waals surface area contributed by atoms with Gasteiger partial charge in [0.05, 0.1) is 36.2 Å². The number of fused-ring (bicyclic) bond motifs is 3. The highest BCUT2D eigenvalue weighted by molar-refractivity contribution is 6.99. The maximum absolute atomic E-state index is 13.9. The van der Waals surface area contributed by atoms with Crippen LogP contribution in [0.3, 0.4) is 0 Å². The van der Waals surface area contributed by atoms with Crippen molar-refractivity contribution in [3.8, 4) is 0 Å². The molecule has 8 heteroatoms. The summed E-state index contributed by atoms with van der Waals surface area (Å²) in [4.78, 5) is 29.0. The van der Waals surface area contributed by atoms with Crippen LogP contribution in [0.4, 0.5) is 0 Å². The van der Waals surface area contributed by atoms with Crippen molar-refractivity contribution in [3.05, 3.63) is 121 Å². The fourth-order valence-electron chi connectivity index (χ4n) is 8.21. The van der Waals surface area contributed by atoms with E-state index >= 15 is 0 Å². The number of carbonyl (C=O) groups excluding carboxylic acids is 2. The van der Waals surface area contributed by atoms with E-state index in [2.05, 4.69) is 119 Å². The molecule has 6 nitrogen and oxygen atoms in total. The first-order valence-corrected chi connectivity index (χ1v) is 23.6. The maximum Gasteiger partial charge on any atom is 0.261 e. The van der Waals surface area contributed by atoms with E-state index in [1.54, 1.807) is 0 Å². The molecule has 0 saturated carbocycles. The van der Waals surface area contributed by atoms with Gasteiger partial charge in [0.2, 0.25) is 11.8 Å². The molecule has 0 N–H and O–H groups in total. The summed E-state index contributed by atoms with van der Waals surface area (Å²) in [5, 5.41) is 2.53. The van der Waals surface area contributed by atoms with E-state index in [0.717, 1.165) is 24.2 Å². The van der Waals surface area contributed by atoms with Crippen LogP contribution in [0.2, 0.25) is 24.7 Å². The van der Waals surface area contributed by atoms with E-state index in [9.17, 15) is 9.59 Å². The van der Waals surface area contributed by atoms with Gasteiger partial charge in [0.1, 0.15) is 6.10 Å². The predicted molar refractivity (Wildman–Crippen MR) is 205 cm³/mol. The molecule has 5 atom stereocenters. The molecule has 3 aromatic rings. The van der Waals surface area contributed by atoms with Crippen molar-refractivity contribution in [1.82, 2.24) is 4.90 Å². The van der Waals surface area contributed by atoms with Crippen LogP contribution in [-0.4, -0.2) is 52.2 Å². The molecule has 264 valence electrons. The van der Waals surface area contributed by atoms with Crippen molar-refractivity contribution in [2.45, 2.75) is 89.9 Å². The van der Waals surface area contributed by atoms with E-state index in [1.807, 2.05) is 30.3 Å². The van der Waals surface area contributed by atoms with Crippen LogP contribution < -0.4 is 10.4 Å². The van der Waals surface area contributed by atoms with E-state index in [4.69, 9.17) is 13.6 Å². The second kappa shape index (κ2) is 15.0. The molecule has 2 aliphatic heterocycles. The number of carbonyl (C=O) groups is 2. The van der Waals surface area contributed by atoms with Crippen LogP contribution in [0, 0.1) is 17.8 Å². The highest BCUT2D eigenvalue weighted by Gasteiger charge is 2.57. The molecule has 0 spiro atoms. The fourth-order valence-corrected chi connectivity index (χ4v) is 14.0. The van der Waals surface area contributed by atoms with Crippen molar-refractivity contribution < 1.29 is 23.2 Å². The second-order valence-corrected chi connectivity index (χ2v) is 24.8. The Morgan fingerprint density at radius 2 is 1.44 bits per heavy atom. The van der Waals surface area contributed by atoms with Crippen molar-refractivity contribution in [3.63, 3.8) is 0 Å². The zero-order valence-electron chi connectivity index (χ0n) is 30.5. The van der Waals surface area contributed by atoms with Crippen LogP contribution >= 0.6 is 0 Å². The number of imide groups is 1. The van der Waals surface area contributed by atoms with Crippen LogP contribution in [-0.2, 0) is 29.7 Å². The summed E-state index contributed by atoms with van der Waals surface area (Å²) in [6.45, 7) is 14.5. The van der Waals surface area contributed by atoms with E-state index in [-0.39, 0.29) is 40.9 Å². The quantitative estimate of drug-likeness (QED) is 0.0840. The SMILES string of the molecule is CC(C)(C)[Si](OCCC/C=C/[C@@H]1C[C@H](O[Si](C)(C)C)[C@H]2C(=CC[C@H]3C(=O)N(Cc4ccccc4)C(=O)[C@@H]23)O1)(c1ccccc1)c1ccccc1. The number of allylic oxidation sites excluding steroid dienone is 2. The number of ether oxygens (including phenoxy) is 1. The Bertz CT molecular complexity index is 1640. The third-order valence-corrected chi connectivity index (χ3v) is 16.4. The predicted octanol–water partition coefficient (Wildman–Crippen LogP) is 7.61. The topological polar surface area (TPSA) is 65.1 Å². The number of unbranched alkanes of at least 4 members (excludes halogenated alkanes) is 1. The minimum atomic E-state index is -2.57. The number of hydrogen-bond donors (Lipinski definition) is 0. The van der Waals surface area contributed by atoms with Crippen LogP contribution in [0.15, 0.2) is 115 Å².